The van der Waals surface area contributed by atoms with Crippen LogP contribution in [-0.2, 0) is 0 Å². The Morgan fingerprint density at radius 1 is 0.600 bits per heavy atom. The summed E-state index contributed by atoms with van der Waals surface area (Å²) in [7, 11) is 0. The topological polar surface area (TPSA) is 31.5 Å². The summed E-state index contributed by atoms with van der Waals surface area (Å²) in [5, 5.41) is 0. The maximum Gasteiger partial charge on any atom is 3.00 e. The molecule has 5 heavy (non-hydrogen) atoms. The van der Waals surface area contributed by atoms with Gasteiger partial charge in [0.25, 0.3) is 0 Å². The Hall–Kier alpha value is 1.93. The molecule has 0 amide bonds. The minimum Gasteiger partial charge on any atom is -1.00 e. The average Bonchev–Trinajstić information content (AvgIpc) is 0. The van der Waals surface area contributed by atoms with Crippen molar-refractivity contribution in [3.8, 4) is 0 Å². The summed E-state index contributed by atoms with van der Waals surface area (Å²) < 4.78 is 0. The molecule has 0 aliphatic rings. The maximum atomic E-state index is 0. The molecule has 0 bridgehead atoms. The summed E-state index contributed by atoms with van der Waals surface area (Å²) in [5.41, 5.74) is 0. The Balaban J connectivity index is 0. The zero-order valence-corrected chi connectivity index (χ0v) is 8.12. The predicted octanol–water partition coefficient (Wildman–Crippen LogP) is -10.2. The molecule has 0 aliphatic carbocycles. The van der Waals surface area contributed by atoms with Crippen molar-refractivity contribution in [2.45, 2.75) is 0 Å². The molecule has 0 unspecified atom stereocenters. The standard InChI is InChI=1S/Al.3BrH.H2O/h;3*1H;1H2/q+3;;;;/p-3. The van der Waals surface area contributed by atoms with Crippen LogP contribution < -0.4 is 50.9 Å². The zero-order chi connectivity index (χ0) is 0. The Bertz CT molecular complexity index is 6.85. The molecule has 1 nitrogen and oxygen atoms in total. The third-order valence-corrected chi connectivity index (χ3v) is 0. The largest absolute Gasteiger partial charge is 3.00 e. The first-order valence-corrected chi connectivity index (χ1v) is 0. The second-order valence-corrected chi connectivity index (χ2v) is 0. The van der Waals surface area contributed by atoms with Gasteiger partial charge < -0.3 is 56.4 Å². The summed E-state index contributed by atoms with van der Waals surface area (Å²) in [6.45, 7) is 0. The molecule has 0 rings (SSSR count). The fraction of sp³-hybridized carbons (Fsp3) is 0. The zero-order valence-electron chi connectivity index (χ0n) is 2.21. The monoisotopic (exact) mass is 282 g/mol. The van der Waals surface area contributed by atoms with Crippen LogP contribution in [0.4, 0.5) is 0 Å². The van der Waals surface area contributed by atoms with Crippen molar-refractivity contribution in [1.82, 2.24) is 0 Å². The summed E-state index contributed by atoms with van der Waals surface area (Å²) in [6.07, 6.45) is 0. The minimum absolute atomic E-state index is 0. The molecule has 0 radical (unpaired) electrons. The third-order valence-electron chi connectivity index (χ3n) is 0. The molecule has 0 aromatic heterocycles. The normalized spacial score (nSPS) is 0. The van der Waals surface area contributed by atoms with Gasteiger partial charge in [0.1, 0.15) is 0 Å². The molecule has 0 spiro atoms. The van der Waals surface area contributed by atoms with Crippen molar-refractivity contribution in [2.24, 2.45) is 0 Å². The molecule has 0 aromatic carbocycles. The average molecular weight is 285 g/mol. The number of rotatable bonds is 0. The van der Waals surface area contributed by atoms with Gasteiger partial charge in [-0.25, -0.2) is 0 Å². The van der Waals surface area contributed by atoms with Gasteiger partial charge in [0.15, 0.2) is 0 Å². The fourth-order valence-electron chi connectivity index (χ4n) is 0. The number of hydrogen-bond donors (Lipinski definition) is 0. The van der Waals surface area contributed by atoms with Crippen LogP contribution in [0.15, 0.2) is 0 Å². The van der Waals surface area contributed by atoms with Crippen molar-refractivity contribution in [3.05, 3.63) is 0 Å². The van der Waals surface area contributed by atoms with Crippen molar-refractivity contribution in [1.29, 1.82) is 0 Å². The van der Waals surface area contributed by atoms with E-state index >= 15 is 0 Å². The molecule has 5 heteroatoms. The summed E-state index contributed by atoms with van der Waals surface area (Å²) in [5.74, 6) is 0. The van der Waals surface area contributed by atoms with Gasteiger partial charge in [-0.3, -0.25) is 0 Å². The Labute approximate surface area is 73.3 Å². The number of halogens is 3. The Morgan fingerprint density at radius 2 is 0.600 bits per heavy atom. The van der Waals surface area contributed by atoms with Crippen LogP contribution in [0.1, 0.15) is 0 Å². The van der Waals surface area contributed by atoms with Gasteiger partial charge >= 0.3 is 17.4 Å². The molecule has 0 heterocycles. The quantitative estimate of drug-likeness (QED) is 0.396. The molecular weight excluding hydrogens is 283 g/mol. The first-order valence-electron chi connectivity index (χ1n) is 0. The van der Waals surface area contributed by atoms with E-state index in [1.165, 1.54) is 0 Å². The summed E-state index contributed by atoms with van der Waals surface area (Å²) in [6, 6.07) is 0. The second kappa shape index (κ2) is 38.6. The van der Waals surface area contributed by atoms with E-state index in [0.717, 1.165) is 0 Å². The van der Waals surface area contributed by atoms with E-state index in [4.69, 9.17) is 0 Å². The van der Waals surface area contributed by atoms with E-state index in [1.54, 1.807) is 0 Å². The predicted molar refractivity (Wildman–Crippen MR) is 9.37 cm³/mol. The van der Waals surface area contributed by atoms with Crippen molar-refractivity contribution >= 4 is 17.4 Å². The van der Waals surface area contributed by atoms with Crippen LogP contribution in [0.5, 0.6) is 0 Å². The van der Waals surface area contributed by atoms with Gasteiger partial charge in [-0.05, 0) is 0 Å². The second-order valence-electron chi connectivity index (χ2n) is 0. The number of hydrogen-bond acceptors (Lipinski definition) is 0. The summed E-state index contributed by atoms with van der Waals surface area (Å²) >= 11 is 0. The van der Waals surface area contributed by atoms with Crippen LogP contribution in [0.2, 0.25) is 0 Å². The van der Waals surface area contributed by atoms with E-state index < -0.39 is 0 Å². The van der Waals surface area contributed by atoms with E-state index in [2.05, 4.69) is 0 Å². The van der Waals surface area contributed by atoms with Crippen LogP contribution in [0.3, 0.4) is 0 Å². The maximum absolute atomic E-state index is 0. The first kappa shape index (κ1) is 65.3. The molecule has 0 aromatic rings. The van der Waals surface area contributed by atoms with Gasteiger partial charge in [-0.1, -0.05) is 0 Å². The smallest absolute Gasteiger partial charge is 1.00 e. The molecule has 0 fully saturated rings. The Morgan fingerprint density at radius 3 is 0.600 bits per heavy atom. The molecular formula is H2AlBr3O. The van der Waals surface area contributed by atoms with Gasteiger partial charge in [0.2, 0.25) is 0 Å². The molecule has 32 valence electrons. The van der Waals surface area contributed by atoms with Crippen molar-refractivity contribution in [3.63, 3.8) is 0 Å². The van der Waals surface area contributed by atoms with Gasteiger partial charge in [0, 0.05) is 0 Å². The van der Waals surface area contributed by atoms with Crippen LogP contribution in [-0.4, -0.2) is 22.8 Å². The van der Waals surface area contributed by atoms with Crippen LogP contribution in [0.25, 0.3) is 0 Å². The molecule has 0 saturated carbocycles. The molecule has 2 N–H and O–H groups in total. The molecule has 0 saturated heterocycles. The van der Waals surface area contributed by atoms with Crippen molar-refractivity contribution in [2.75, 3.05) is 0 Å². The van der Waals surface area contributed by atoms with Crippen LogP contribution in [0, 0.1) is 0 Å². The third kappa shape index (κ3) is 24.6. The molecule has 0 atom stereocenters. The van der Waals surface area contributed by atoms with Crippen LogP contribution >= 0.6 is 0 Å². The SMILES string of the molecule is O.[Al+3].[Br-].[Br-].[Br-]. The van der Waals surface area contributed by atoms with Crippen molar-refractivity contribution < 1.29 is 56.4 Å². The minimum atomic E-state index is 0. The van der Waals surface area contributed by atoms with Gasteiger partial charge in [-0.2, -0.15) is 0 Å². The van der Waals surface area contributed by atoms with E-state index in [1.807, 2.05) is 0 Å². The van der Waals surface area contributed by atoms with E-state index in [0.29, 0.717) is 0 Å². The van der Waals surface area contributed by atoms with E-state index in [9.17, 15) is 0 Å². The fourth-order valence-corrected chi connectivity index (χ4v) is 0. The first-order chi connectivity index (χ1) is 0. The Kier molecular flexibility index (Phi) is 505. The van der Waals surface area contributed by atoms with E-state index in [-0.39, 0.29) is 73.8 Å². The van der Waals surface area contributed by atoms with Gasteiger partial charge in [-0.15, -0.1) is 0 Å². The molecule has 0 aliphatic heterocycles. The van der Waals surface area contributed by atoms with Gasteiger partial charge in [0.05, 0.1) is 0 Å². The summed E-state index contributed by atoms with van der Waals surface area (Å²) in [4.78, 5) is 0.